The van der Waals surface area contributed by atoms with Crippen molar-refractivity contribution in [1.29, 1.82) is 0 Å². The maximum Gasteiger partial charge on any atom is 0.262 e. The summed E-state index contributed by atoms with van der Waals surface area (Å²) in [5, 5.41) is 5.83. The van der Waals surface area contributed by atoms with E-state index in [-0.39, 0.29) is 5.91 Å². The molecule has 2 aromatic rings. The Morgan fingerprint density at radius 2 is 1.89 bits per heavy atom. The second kappa shape index (κ2) is 4.14. The molecule has 1 aliphatic rings. The molecule has 1 aliphatic heterocycles. The quantitative estimate of drug-likeness (QED) is 0.746. The van der Waals surface area contributed by atoms with Crippen molar-refractivity contribution in [1.82, 2.24) is 9.58 Å². The molecule has 0 spiro atoms. The summed E-state index contributed by atoms with van der Waals surface area (Å²) in [6.07, 6.45) is 1.91. The van der Waals surface area contributed by atoms with Crippen LogP contribution in [0.1, 0.15) is 11.3 Å². The molecule has 0 bridgehead atoms. The van der Waals surface area contributed by atoms with E-state index in [0.717, 1.165) is 17.0 Å². The number of hydrazone groups is 1. The summed E-state index contributed by atoms with van der Waals surface area (Å²) in [4.78, 5) is 11.8. The zero-order chi connectivity index (χ0) is 12.5. The van der Waals surface area contributed by atoms with Crippen LogP contribution < -0.4 is 0 Å². The van der Waals surface area contributed by atoms with Crippen molar-refractivity contribution < 1.29 is 4.79 Å². The number of hydrogen-bond acceptors (Lipinski definition) is 2. The molecule has 1 aromatic heterocycles. The van der Waals surface area contributed by atoms with Crippen LogP contribution in [0.5, 0.6) is 0 Å². The molecule has 90 valence electrons. The van der Waals surface area contributed by atoms with Gasteiger partial charge in [0.25, 0.3) is 5.91 Å². The van der Waals surface area contributed by atoms with Crippen LogP contribution in [-0.4, -0.2) is 28.2 Å². The first kappa shape index (κ1) is 10.8. The van der Waals surface area contributed by atoms with Gasteiger partial charge in [-0.25, -0.2) is 5.01 Å². The summed E-state index contributed by atoms with van der Waals surface area (Å²) < 4.78 is 1.93. The van der Waals surface area contributed by atoms with Gasteiger partial charge in [-0.1, -0.05) is 30.3 Å². The highest BCUT2D eigenvalue weighted by Gasteiger charge is 2.20. The molecule has 1 aromatic carbocycles. The van der Waals surface area contributed by atoms with Crippen LogP contribution in [-0.2, 0) is 11.3 Å². The molecule has 0 saturated heterocycles. The minimum atomic E-state index is -0.0154. The second-order valence-corrected chi connectivity index (χ2v) is 4.25. The van der Waals surface area contributed by atoms with Gasteiger partial charge in [-0.2, -0.15) is 5.10 Å². The van der Waals surface area contributed by atoms with E-state index in [1.165, 1.54) is 5.01 Å². The van der Waals surface area contributed by atoms with E-state index in [1.807, 2.05) is 53.2 Å². The largest absolute Gasteiger partial charge is 0.337 e. The fourth-order valence-electron chi connectivity index (χ4n) is 2.07. The Morgan fingerprint density at radius 1 is 1.11 bits per heavy atom. The number of carbonyl (C=O) groups is 1. The number of fused-ring (bicyclic) bond motifs is 1. The van der Waals surface area contributed by atoms with Gasteiger partial charge in [-0.15, -0.1) is 0 Å². The average Bonchev–Trinajstić information content (AvgIpc) is 2.80. The second-order valence-electron chi connectivity index (χ2n) is 4.25. The number of benzene rings is 1. The van der Waals surface area contributed by atoms with E-state index < -0.39 is 0 Å². The first-order valence-electron chi connectivity index (χ1n) is 5.82. The van der Waals surface area contributed by atoms with Crippen LogP contribution in [0.2, 0.25) is 0 Å². The molecule has 3 rings (SSSR count). The molecular weight excluding hydrogens is 226 g/mol. The summed E-state index contributed by atoms with van der Waals surface area (Å²) in [7, 11) is 1.69. The number of amides is 1. The highest BCUT2D eigenvalue weighted by Crippen LogP contribution is 2.16. The lowest BCUT2D eigenvalue weighted by atomic mass is 10.1. The first-order chi connectivity index (χ1) is 8.75. The lowest BCUT2D eigenvalue weighted by Crippen LogP contribution is -2.23. The highest BCUT2D eigenvalue weighted by atomic mass is 16.2. The summed E-state index contributed by atoms with van der Waals surface area (Å²) in [5.74, 6) is -0.0154. The predicted molar refractivity (Wildman–Crippen MR) is 69.3 cm³/mol. The van der Waals surface area contributed by atoms with Gasteiger partial charge in [0, 0.05) is 18.8 Å². The maximum absolute atomic E-state index is 11.8. The fourth-order valence-corrected chi connectivity index (χ4v) is 2.07. The standard InChI is InChI=1S/C14H13N3O/c1-16-13(18)10-17-9-5-8-12(17)14(15-16)11-6-3-2-4-7-11/h2-9H,10H2,1H3. The van der Waals surface area contributed by atoms with Gasteiger partial charge in [-0.05, 0) is 12.1 Å². The Morgan fingerprint density at radius 3 is 2.67 bits per heavy atom. The molecule has 0 N–H and O–H groups in total. The fraction of sp³-hybridized carbons (Fsp3) is 0.143. The van der Waals surface area contributed by atoms with Crippen molar-refractivity contribution in [2.45, 2.75) is 6.54 Å². The third-order valence-corrected chi connectivity index (χ3v) is 3.04. The summed E-state index contributed by atoms with van der Waals surface area (Å²) in [6.45, 7) is 0.332. The minimum absolute atomic E-state index is 0.0154. The van der Waals surface area contributed by atoms with Gasteiger partial charge in [0.1, 0.15) is 12.3 Å². The van der Waals surface area contributed by atoms with E-state index in [9.17, 15) is 4.79 Å². The lowest BCUT2D eigenvalue weighted by Gasteiger charge is -2.09. The number of rotatable bonds is 1. The smallest absolute Gasteiger partial charge is 0.262 e. The monoisotopic (exact) mass is 239 g/mol. The highest BCUT2D eigenvalue weighted by molar-refractivity contribution is 6.12. The van der Waals surface area contributed by atoms with Gasteiger partial charge in [-0.3, -0.25) is 4.79 Å². The number of nitrogens with zero attached hydrogens (tertiary/aromatic N) is 3. The molecule has 0 fully saturated rings. The molecule has 0 saturated carbocycles. The van der Waals surface area contributed by atoms with Crippen LogP contribution in [0.3, 0.4) is 0 Å². The van der Waals surface area contributed by atoms with Crippen LogP contribution in [0, 0.1) is 0 Å². The number of carbonyl (C=O) groups excluding carboxylic acids is 1. The van der Waals surface area contributed by atoms with Crippen molar-refractivity contribution in [2.24, 2.45) is 5.10 Å². The molecule has 2 heterocycles. The van der Waals surface area contributed by atoms with Crippen LogP contribution in [0.15, 0.2) is 53.8 Å². The van der Waals surface area contributed by atoms with Crippen LogP contribution >= 0.6 is 0 Å². The summed E-state index contributed by atoms with van der Waals surface area (Å²) in [5.41, 5.74) is 2.81. The Labute approximate surface area is 105 Å². The van der Waals surface area contributed by atoms with E-state index in [1.54, 1.807) is 7.05 Å². The van der Waals surface area contributed by atoms with Crippen molar-refractivity contribution in [3.05, 3.63) is 59.9 Å². The summed E-state index contributed by atoms with van der Waals surface area (Å²) in [6, 6.07) is 13.8. The molecule has 18 heavy (non-hydrogen) atoms. The molecule has 4 nitrogen and oxygen atoms in total. The van der Waals surface area contributed by atoms with Gasteiger partial charge in [0.15, 0.2) is 0 Å². The van der Waals surface area contributed by atoms with Crippen LogP contribution in [0.4, 0.5) is 0 Å². The third kappa shape index (κ3) is 1.72. The number of hydrogen-bond donors (Lipinski definition) is 0. The maximum atomic E-state index is 11.8. The Balaban J connectivity index is 2.18. The molecule has 0 unspecified atom stereocenters. The van der Waals surface area contributed by atoms with E-state index in [0.29, 0.717) is 6.54 Å². The third-order valence-electron chi connectivity index (χ3n) is 3.04. The van der Waals surface area contributed by atoms with E-state index >= 15 is 0 Å². The normalized spacial score (nSPS) is 15.1. The first-order valence-corrected chi connectivity index (χ1v) is 5.82. The van der Waals surface area contributed by atoms with Gasteiger partial charge >= 0.3 is 0 Å². The molecule has 0 radical (unpaired) electrons. The molecule has 0 aliphatic carbocycles. The zero-order valence-electron chi connectivity index (χ0n) is 10.1. The Hall–Kier alpha value is -2.36. The molecule has 1 amide bonds. The van der Waals surface area contributed by atoms with Crippen molar-refractivity contribution in [3.63, 3.8) is 0 Å². The SMILES string of the molecule is CN1N=C(c2ccccc2)c2cccn2CC1=O. The van der Waals surface area contributed by atoms with Crippen molar-refractivity contribution in [2.75, 3.05) is 7.05 Å². The zero-order valence-corrected chi connectivity index (χ0v) is 10.1. The van der Waals surface area contributed by atoms with Crippen molar-refractivity contribution >= 4 is 11.6 Å². The molecule has 0 atom stereocenters. The van der Waals surface area contributed by atoms with Crippen LogP contribution in [0.25, 0.3) is 0 Å². The van der Waals surface area contributed by atoms with Gasteiger partial charge < -0.3 is 4.57 Å². The average molecular weight is 239 g/mol. The number of likely N-dealkylation sites (N-methyl/N-ethyl adjacent to an activating group) is 1. The van der Waals surface area contributed by atoms with E-state index in [4.69, 9.17) is 0 Å². The number of aromatic nitrogens is 1. The lowest BCUT2D eigenvalue weighted by molar-refractivity contribution is -0.130. The van der Waals surface area contributed by atoms with Gasteiger partial charge in [0.2, 0.25) is 0 Å². The van der Waals surface area contributed by atoms with Crippen molar-refractivity contribution in [3.8, 4) is 0 Å². The Bertz CT molecular complexity index is 613. The van der Waals surface area contributed by atoms with Gasteiger partial charge in [0.05, 0.1) is 5.69 Å². The molecule has 4 heteroatoms. The Kier molecular flexibility index (Phi) is 2.48. The summed E-state index contributed by atoms with van der Waals surface area (Å²) >= 11 is 0. The minimum Gasteiger partial charge on any atom is -0.337 e. The molecular formula is C14H13N3O. The van der Waals surface area contributed by atoms with E-state index in [2.05, 4.69) is 5.10 Å². The predicted octanol–water partition coefficient (Wildman–Crippen LogP) is 1.71. The topological polar surface area (TPSA) is 37.6 Å².